The van der Waals surface area contributed by atoms with Crippen molar-refractivity contribution in [1.29, 1.82) is 0 Å². The molecule has 1 N–H and O–H groups in total. The molecule has 0 aliphatic heterocycles. The van der Waals surface area contributed by atoms with Gasteiger partial charge in [0.15, 0.2) is 0 Å². The highest BCUT2D eigenvalue weighted by Crippen LogP contribution is 2.25. The van der Waals surface area contributed by atoms with Crippen molar-refractivity contribution >= 4 is 44.2 Å². The van der Waals surface area contributed by atoms with E-state index in [2.05, 4.69) is 69.0 Å². The van der Waals surface area contributed by atoms with E-state index in [0.717, 1.165) is 41.0 Å². The number of ether oxygens (including phenoxy) is 1. The normalized spacial score (nSPS) is 10.3. The van der Waals surface area contributed by atoms with Crippen molar-refractivity contribution in [1.82, 2.24) is 0 Å². The molecule has 106 valence electrons. The predicted molar refractivity (Wildman–Crippen MR) is 96.4 cm³/mol. The number of halogens is 2. The molecule has 2 aromatic rings. The first-order chi connectivity index (χ1) is 9.70. The van der Waals surface area contributed by atoms with E-state index in [1.807, 2.05) is 24.3 Å². The van der Waals surface area contributed by atoms with Crippen LogP contribution >= 0.6 is 38.5 Å². The zero-order chi connectivity index (χ0) is 14.4. The van der Waals surface area contributed by atoms with E-state index >= 15 is 0 Å². The number of para-hydroxylation sites is 1. The summed E-state index contributed by atoms with van der Waals surface area (Å²) in [7, 11) is 0. The van der Waals surface area contributed by atoms with Gasteiger partial charge in [0.2, 0.25) is 0 Å². The molecule has 0 aliphatic carbocycles. The molecule has 0 aromatic heterocycles. The van der Waals surface area contributed by atoms with Crippen LogP contribution in [0.3, 0.4) is 0 Å². The van der Waals surface area contributed by atoms with Crippen LogP contribution in [0.2, 0.25) is 0 Å². The van der Waals surface area contributed by atoms with Crippen molar-refractivity contribution in [3.63, 3.8) is 0 Å². The molecule has 0 radical (unpaired) electrons. The molecule has 0 bridgehead atoms. The highest BCUT2D eigenvalue weighted by atomic mass is 127. The van der Waals surface area contributed by atoms with Crippen LogP contribution in [-0.4, -0.2) is 6.61 Å². The first kappa shape index (κ1) is 15.6. The van der Waals surface area contributed by atoms with Crippen LogP contribution in [0.15, 0.2) is 46.9 Å². The van der Waals surface area contributed by atoms with E-state index < -0.39 is 0 Å². The van der Waals surface area contributed by atoms with E-state index in [4.69, 9.17) is 4.74 Å². The molecule has 0 atom stereocenters. The van der Waals surface area contributed by atoms with Gasteiger partial charge in [0.25, 0.3) is 0 Å². The molecule has 2 rings (SSSR count). The monoisotopic (exact) mass is 445 g/mol. The van der Waals surface area contributed by atoms with Crippen LogP contribution in [0, 0.1) is 3.57 Å². The Labute approximate surface area is 142 Å². The standard InChI is InChI=1S/C16H17BrINO/c1-2-9-20-16-8-7-13(17)10-12(16)11-19-15-6-4-3-5-14(15)18/h3-8,10,19H,2,9,11H2,1H3. The lowest BCUT2D eigenvalue weighted by molar-refractivity contribution is 0.314. The predicted octanol–water partition coefficient (Wildman–Crippen LogP) is 5.45. The molecule has 0 saturated carbocycles. The van der Waals surface area contributed by atoms with Gasteiger partial charge >= 0.3 is 0 Å². The van der Waals surface area contributed by atoms with E-state index in [1.165, 1.54) is 3.57 Å². The van der Waals surface area contributed by atoms with Gasteiger partial charge in [-0.2, -0.15) is 0 Å². The summed E-state index contributed by atoms with van der Waals surface area (Å²) in [5.74, 6) is 0.952. The number of nitrogens with one attached hydrogen (secondary N) is 1. The minimum Gasteiger partial charge on any atom is -0.493 e. The van der Waals surface area contributed by atoms with Crippen LogP contribution < -0.4 is 10.1 Å². The Hall–Kier alpha value is -0.750. The van der Waals surface area contributed by atoms with E-state index in [1.54, 1.807) is 0 Å². The smallest absolute Gasteiger partial charge is 0.124 e. The molecule has 0 unspecified atom stereocenters. The molecule has 2 aromatic carbocycles. The lowest BCUT2D eigenvalue weighted by Crippen LogP contribution is -2.05. The minimum atomic E-state index is 0.748. The highest BCUT2D eigenvalue weighted by molar-refractivity contribution is 14.1. The van der Waals surface area contributed by atoms with E-state index in [0.29, 0.717) is 0 Å². The quantitative estimate of drug-likeness (QED) is 0.596. The van der Waals surface area contributed by atoms with E-state index in [9.17, 15) is 0 Å². The van der Waals surface area contributed by atoms with Crippen molar-refractivity contribution in [3.05, 3.63) is 56.1 Å². The van der Waals surface area contributed by atoms with Gasteiger partial charge in [-0.05, 0) is 59.3 Å². The Morgan fingerprint density at radius 3 is 2.75 bits per heavy atom. The Kier molecular flexibility index (Phi) is 6.16. The number of anilines is 1. The third-order valence-corrected chi connectivity index (χ3v) is 4.26. The number of hydrogen-bond donors (Lipinski definition) is 1. The van der Waals surface area contributed by atoms with Crippen molar-refractivity contribution in [2.45, 2.75) is 19.9 Å². The maximum atomic E-state index is 5.80. The maximum Gasteiger partial charge on any atom is 0.124 e. The molecular weight excluding hydrogens is 429 g/mol. The average Bonchev–Trinajstić information content (AvgIpc) is 2.45. The van der Waals surface area contributed by atoms with Crippen molar-refractivity contribution in [2.24, 2.45) is 0 Å². The van der Waals surface area contributed by atoms with Crippen molar-refractivity contribution in [2.75, 3.05) is 11.9 Å². The second-order valence-electron chi connectivity index (χ2n) is 4.43. The second kappa shape index (κ2) is 7.88. The van der Waals surface area contributed by atoms with Gasteiger partial charge in [0.1, 0.15) is 5.75 Å². The van der Waals surface area contributed by atoms with Gasteiger partial charge in [0.05, 0.1) is 6.61 Å². The molecule has 0 saturated heterocycles. The topological polar surface area (TPSA) is 21.3 Å². The molecule has 20 heavy (non-hydrogen) atoms. The summed E-state index contributed by atoms with van der Waals surface area (Å²) in [5.41, 5.74) is 2.31. The molecule has 0 spiro atoms. The number of benzene rings is 2. The fraction of sp³-hybridized carbons (Fsp3) is 0.250. The first-order valence-electron chi connectivity index (χ1n) is 6.60. The highest BCUT2D eigenvalue weighted by Gasteiger charge is 2.05. The Bertz CT molecular complexity index is 574. The summed E-state index contributed by atoms with van der Waals surface area (Å²) >= 11 is 5.86. The molecule has 4 heteroatoms. The van der Waals surface area contributed by atoms with Gasteiger partial charge in [-0.1, -0.05) is 35.0 Å². The third kappa shape index (κ3) is 4.38. The average molecular weight is 446 g/mol. The molecule has 0 heterocycles. The Morgan fingerprint density at radius 2 is 2.00 bits per heavy atom. The van der Waals surface area contributed by atoms with Gasteiger partial charge in [-0.25, -0.2) is 0 Å². The SMILES string of the molecule is CCCOc1ccc(Br)cc1CNc1ccccc1I. The Morgan fingerprint density at radius 1 is 1.20 bits per heavy atom. The van der Waals surface area contributed by atoms with Gasteiger partial charge in [-0.3, -0.25) is 0 Å². The first-order valence-corrected chi connectivity index (χ1v) is 8.47. The summed E-state index contributed by atoms with van der Waals surface area (Å²) in [6, 6.07) is 14.4. The summed E-state index contributed by atoms with van der Waals surface area (Å²) in [5, 5.41) is 3.46. The van der Waals surface area contributed by atoms with Crippen LogP contribution in [0.25, 0.3) is 0 Å². The molecule has 0 aliphatic rings. The van der Waals surface area contributed by atoms with Crippen LogP contribution in [0.5, 0.6) is 5.75 Å². The van der Waals surface area contributed by atoms with Crippen LogP contribution in [0.4, 0.5) is 5.69 Å². The molecule has 0 amide bonds. The molecule has 2 nitrogen and oxygen atoms in total. The zero-order valence-electron chi connectivity index (χ0n) is 11.3. The largest absolute Gasteiger partial charge is 0.493 e. The zero-order valence-corrected chi connectivity index (χ0v) is 15.1. The van der Waals surface area contributed by atoms with Crippen LogP contribution in [-0.2, 0) is 6.54 Å². The Balaban J connectivity index is 2.11. The second-order valence-corrected chi connectivity index (χ2v) is 6.51. The molecular formula is C16H17BrINO. The minimum absolute atomic E-state index is 0.748. The van der Waals surface area contributed by atoms with Gasteiger partial charge in [0, 0.05) is 25.8 Å². The maximum absolute atomic E-state index is 5.80. The summed E-state index contributed by atoms with van der Waals surface area (Å²) in [4.78, 5) is 0. The number of hydrogen-bond acceptors (Lipinski definition) is 2. The summed E-state index contributed by atoms with van der Waals surface area (Å²) < 4.78 is 8.09. The van der Waals surface area contributed by atoms with Gasteiger partial charge < -0.3 is 10.1 Å². The fourth-order valence-electron chi connectivity index (χ4n) is 1.83. The van der Waals surface area contributed by atoms with Crippen molar-refractivity contribution in [3.8, 4) is 5.75 Å². The lowest BCUT2D eigenvalue weighted by atomic mass is 10.2. The lowest BCUT2D eigenvalue weighted by Gasteiger charge is -2.13. The third-order valence-electron chi connectivity index (χ3n) is 2.83. The fourth-order valence-corrected chi connectivity index (χ4v) is 2.82. The van der Waals surface area contributed by atoms with Gasteiger partial charge in [-0.15, -0.1) is 0 Å². The van der Waals surface area contributed by atoms with Crippen molar-refractivity contribution < 1.29 is 4.74 Å². The molecule has 0 fully saturated rings. The van der Waals surface area contributed by atoms with Crippen LogP contribution in [0.1, 0.15) is 18.9 Å². The number of rotatable bonds is 6. The summed E-state index contributed by atoms with van der Waals surface area (Å²) in [6.45, 7) is 3.61. The summed E-state index contributed by atoms with van der Waals surface area (Å²) in [6.07, 6.45) is 1.01. The van der Waals surface area contributed by atoms with E-state index in [-0.39, 0.29) is 0 Å².